The maximum atomic E-state index is 12.1. The highest BCUT2D eigenvalue weighted by Crippen LogP contribution is 2.23. The summed E-state index contributed by atoms with van der Waals surface area (Å²) < 4.78 is 23.5. The summed E-state index contributed by atoms with van der Waals surface area (Å²) in [6.07, 6.45) is 5.30. The molecule has 2 aliphatic rings. The Morgan fingerprint density at radius 2 is 1.75 bits per heavy atom. The van der Waals surface area contributed by atoms with Gasteiger partial charge in [-0.25, -0.2) is 8.42 Å². The van der Waals surface area contributed by atoms with Gasteiger partial charge >= 0.3 is 0 Å². The zero-order valence-electron chi connectivity index (χ0n) is 15.3. The largest absolute Gasteiger partial charge is 0.355 e. The molecule has 0 amide bonds. The molecule has 2 rings (SSSR count). The van der Waals surface area contributed by atoms with Crippen LogP contribution in [0.25, 0.3) is 0 Å². The molecule has 0 aromatic rings. The van der Waals surface area contributed by atoms with Crippen LogP contribution in [0.2, 0.25) is 0 Å². The van der Waals surface area contributed by atoms with Crippen LogP contribution in [-0.2, 0) is 9.84 Å². The minimum absolute atomic E-state index is 0. The highest BCUT2D eigenvalue weighted by Gasteiger charge is 2.40. The molecule has 0 bridgehead atoms. The van der Waals surface area contributed by atoms with Gasteiger partial charge in [0.1, 0.15) is 0 Å². The molecular weight excluding hydrogens is 439 g/mol. The van der Waals surface area contributed by atoms with E-state index in [-0.39, 0.29) is 29.7 Å². The van der Waals surface area contributed by atoms with Crippen LogP contribution in [0.4, 0.5) is 0 Å². The normalized spacial score (nSPS) is 24.8. The number of hydrogen-bond acceptors (Lipinski definition) is 4. The molecular formula is C16H33IN4O2S. The van der Waals surface area contributed by atoms with Crippen LogP contribution in [0, 0.1) is 0 Å². The summed E-state index contributed by atoms with van der Waals surface area (Å²) in [6.45, 7) is 8.89. The molecule has 142 valence electrons. The Labute approximate surface area is 164 Å². The van der Waals surface area contributed by atoms with Gasteiger partial charge in [0.25, 0.3) is 0 Å². The first-order valence-electron chi connectivity index (χ1n) is 8.76. The van der Waals surface area contributed by atoms with Crippen LogP contribution >= 0.6 is 24.0 Å². The second-order valence-electron chi connectivity index (χ2n) is 7.23. The Morgan fingerprint density at radius 1 is 1.12 bits per heavy atom. The average Bonchev–Trinajstić information content (AvgIpc) is 2.75. The van der Waals surface area contributed by atoms with Crippen molar-refractivity contribution in [3.05, 3.63) is 0 Å². The molecule has 24 heavy (non-hydrogen) atoms. The zero-order valence-corrected chi connectivity index (χ0v) is 18.4. The van der Waals surface area contributed by atoms with Crippen molar-refractivity contribution in [2.75, 3.05) is 52.1 Å². The lowest BCUT2D eigenvalue weighted by molar-refractivity contribution is 0.286. The summed E-state index contributed by atoms with van der Waals surface area (Å²) in [4.78, 5) is 8.93. The topological polar surface area (TPSA) is 65.0 Å². The van der Waals surface area contributed by atoms with Crippen molar-refractivity contribution in [1.29, 1.82) is 0 Å². The monoisotopic (exact) mass is 472 g/mol. The van der Waals surface area contributed by atoms with E-state index < -0.39 is 14.6 Å². The maximum absolute atomic E-state index is 12.1. The van der Waals surface area contributed by atoms with E-state index in [0.717, 1.165) is 19.0 Å². The van der Waals surface area contributed by atoms with Gasteiger partial charge in [-0.15, -0.1) is 24.0 Å². The van der Waals surface area contributed by atoms with E-state index in [1.807, 2.05) is 0 Å². The predicted octanol–water partition coefficient (Wildman–Crippen LogP) is 1.56. The van der Waals surface area contributed by atoms with Gasteiger partial charge in [-0.1, -0.05) is 12.8 Å². The number of sulfone groups is 1. The Morgan fingerprint density at radius 3 is 2.29 bits per heavy atom. The lowest BCUT2D eigenvalue weighted by Crippen LogP contribution is -2.57. The maximum Gasteiger partial charge on any atom is 0.193 e. The number of nitrogens with one attached hydrogen (secondary N) is 1. The van der Waals surface area contributed by atoms with Gasteiger partial charge in [0.2, 0.25) is 0 Å². The Bertz CT molecular complexity index is 514. The Balaban J connectivity index is 0.00000288. The van der Waals surface area contributed by atoms with Crippen LogP contribution in [0.15, 0.2) is 4.99 Å². The highest BCUT2D eigenvalue weighted by molar-refractivity contribution is 14.0. The molecule has 6 nitrogen and oxygen atoms in total. The Kier molecular flexibility index (Phi) is 8.75. The summed E-state index contributed by atoms with van der Waals surface area (Å²) in [5.74, 6) is 1.02. The third kappa shape index (κ3) is 5.72. The molecule has 0 aliphatic carbocycles. The highest BCUT2D eigenvalue weighted by atomic mass is 127. The van der Waals surface area contributed by atoms with Crippen molar-refractivity contribution in [3.63, 3.8) is 0 Å². The van der Waals surface area contributed by atoms with Crippen LogP contribution in [0.3, 0.4) is 0 Å². The SMILES string of the molecule is CN=C(NCCN1CCCCCC1)N1CCS(=O)(=O)C(C)(C)C1.I. The summed E-state index contributed by atoms with van der Waals surface area (Å²) in [5.41, 5.74) is 0. The van der Waals surface area contributed by atoms with Crippen molar-refractivity contribution < 1.29 is 8.42 Å². The van der Waals surface area contributed by atoms with E-state index in [1.165, 1.54) is 38.8 Å². The predicted molar refractivity (Wildman–Crippen MR) is 111 cm³/mol. The molecule has 2 fully saturated rings. The zero-order chi connectivity index (χ0) is 16.9. The van der Waals surface area contributed by atoms with Crippen LogP contribution in [0.1, 0.15) is 39.5 Å². The number of halogens is 1. The molecule has 0 unspecified atom stereocenters. The van der Waals surface area contributed by atoms with Gasteiger partial charge in [0.05, 0.1) is 10.5 Å². The number of guanidine groups is 1. The summed E-state index contributed by atoms with van der Waals surface area (Å²) in [6, 6.07) is 0. The minimum Gasteiger partial charge on any atom is -0.355 e. The third-order valence-corrected chi connectivity index (χ3v) is 7.50. The fourth-order valence-electron chi connectivity index (χ4n) is 3.34. The third-order valence-electron chi connectivity index (χ3n) is 4.96. The number of rotatable bonds is 3. The lowest BCUT2D eigenvalue weighted by atomic mass is 10.2. The van der Waals surface area contributed by atoms with Gasteiger partial charge in [-0.3, -0.25) is 4.99 Å². The molecule has 0 saturated carbocycles. The van der Waals surface area contributed by atoms with E-state index >= 15 is 0 Å². The van der Waals surface area contributed by atoms with E-state index in [0.29, 0.717) is 13.1 Å². The van der Waals surface area contributed by atoms with Crippen molar-refractivity contribution in [1.82, 2.24) is 15.1 Å². The van der Waals surface area contributed by atoms with Crippen LogP contribution in [0.5, 0.6) is 0 Å². The molecule has 2 saturated heterocycles. The molecule has 2 aliphatic heterocycles. The number of likely N-dealkylation sites (tertiary alicyclic amines) is 1. The molecule has 0 atom stereocenters. The van der Waals surface area contributed by atoms with Gasteiger partial charge in [0, 0.05) is 33.2 Å². The molecule has 8 heteroatoms. The van der Waals surface area contributed by atoms with Gasteiger partial charge in [-0.2, -0.15) is 0 Å². The lowest BCUT2D eigenvalue weighted by Gasteiger charge is -2.39. The minimum atomic E-state index is -3.01. The summed E-state index contributed by atoms with van der Waals surface area (Å²) in [7, 11) is -1.24. The first-order chi connectivity index (χ1) is 10.9. The van der Waals surface area contributed by atoms with E-state index in [2.05, 4.69) is 20.1 Å². The number of hydrogen-bond donors (Lipinski definition) is 1. The number of nitrogens with zero attached hydrogens (tertiary/aromatic N) is 3. The molecule has 0 aromatic heterocycles. The molecule has 2 heterocycles. The van der Waals surface area contributed by atoms with Gasteiger partial charge in [0.15, 0.2) is 15.8 Å². The molecule has 1 N–H and O–H groups in total. The van der Waals surface area contributed by atoms with Gasteiger partial charge < -0.3 is 15.1 Å². The Hall–Kier alpha value is -0.0900. The fourth-order valence-corrected chi connectivity index (χ4v) is 4.71. The van der Waals surface area contributed by atoms with Crippen molar-refractivity contribution in [2.24, 2.45) is 4.99 Å². The molecule has 0 radical (unpaired) electrons. The van der Waals surface area contributed by atoms with Crippen molar-refractivity contribution in [2.45, 2.75) is 44.3 Å². The second kappa shape index (κ2) is 9.56. The summed E-state index contributed by atoms with van der Waals surface area (Å²) in [5, 5.41) is 3.41. The summed E-state index contributed by atoms with van der Waals surface area (Å²) >= 11 is 0. The van der Waals surface area contributed by atoms with Crippen molar-refractivity contribution >= 4 is 39.8 Å². The van der Waals surface area contributed by atoms with E-state index in [4.69, 9.17) is 0 Å². The molecule has 0 aromatic carbocycles. The van der Waals surface area contributed by atoms with Crippen LogP contribution < -0.4 is 5.32 Å². The first kappa shape index (κ1) is 22.0. The van der Waals surface area contributed by atoms with Gasteiger partial charge in [-0.05, 0) is 39.8 Å². The number of aliphatic imine (C=N–C) groups is 1. The molecule has 0 spiro atoms. The van der Waals surface area contributed by atoms with E-state index in [9.17, 15) is 8.42 Å². The standard InChI is InChI=1S/C16H32N4O2S.HI/c1-16(2)14-20(12-13-23(16,21)22)15(17-3)18-8-11-19-9-6-4-5-7-10-19;/h4-14H2,1-3H3,(H,17,18);1H. The fraction of sp³-hybridized carbons (Fsp3) is 0.938. The quantitative estimate of drug-likeness (QED) is 0.384. The van der Waals surface area contributed by atoms with E-state index in [1.54, 1.807) is 20.9 Å². The first-order valence-corrected chi connectivity index (χ1v) is 10.4. The van der Waals surface area contributed by atoms with Crippen molar-refractivity contribution in [3.8, 4) is 0 Å². The average molecular weight is 472 g/mol. The smallest absolute Gasteiger partial charge is 0.193 e. The van der Waals surface area contributed by atoms with Crippen LogP contribution in [-0.4, -0.2) is 81.0 Å². The second-order valence-corrected chi connectivity index (χ2v) is 9.97.